The van der Waals surface area contributed by atoms with Gasteiger partial charge in [0, 0.05) is 25.5 Å². The van der Waals surface area contributed by atoms with Crippen LogP contribution in [0.2, 0.25) is 5.02 Å². The molecule has 0 radical (unpaired) electrons. The number of hydrogen-bond donors (Lipinski definition) is 1. The second-order valence-electron chi connectivity index (χ2n) is 5.23. The second kappa shape index (κ2) is 8.16. The summed E-state index contributed by atoms with van der Waals surface area (Å²) >= 11 is 6.05. The predicted octanol–water partition coefficient (Wildman–Crippen LogP) is 1.51. The molecule has 1 aromatic heterocycles. The molecule has 0 saturated heterocycles. The summed E-state index contributed by atoms with van der Waals surface area (Å²) in [5, 5.41) is 2.99. The van der Waals surface area contributed by atoms with E-state index in [0.29, 0.717) is 13.0 Å². The number of imidazole rings is 1. The highest BCUT2D eigenvalue weighted by atomic mass is 35.5. The van der Waals surface area contributed by atoms with Gasteiger partial charge in [0.05, 0.1) is 23.3 Å². The summed E-state index contributed by atoms with van der Waals surface area (Å²) in [5.74, 6) is -0.383. The number of rotatable bonds is 8. The number of aryl methyl sites for hydroxylation is 1. The van der Waals surface area contributed by atoms with Crippen LogP contribution in [0, 0.1) is 0 Å². The van der Waals surface area contributed by atoms with E-state index in [2.05, 4.69) is 10.3 Å². The highest BCUT2D eigenvalue weighted by Crippen LogP contribution is 2.26. The number of hydrogen-bond acceptors (Lipinski definition) is 4. The quantitative estimate of drug-likeness (QED) is 0.714. The molecule has 1 heterocycles. The van der Waals surface area contributed by atoms with Gasteiger partial charge in [0.25, 0.3) is 0 Å². The predicted molar refractivity (Wildman–Crippen MR) is 93.5 cm³/mol. The average molecular weight is 371 g/mol. The van der Waals surface area contributed by atoms with Crippen molar-refractivity contribution in [3.05, 3.63) is 48.0 Å². The van der Waals surface area contributed by atoms with Crippen LogP contribution in [0.1, 0.15) is 6.42 Å². The first-order valence-electron chi connectivity index (χ1n) is 7.32. The van der Waals surface area contributed by atoms with E-state index >= 15 is 0 Å². The third-order valence-corrected chi connectivity index (χ3v) is 4.73. The standard InChI is InChI=1S/C15H19ClN4O3S/c1-24(22,23)20(14-6-3-2-5-13(14)16)11-15(21)18-7-4-9-19-10-8-17-12-19/h2-3,5-6,8,10,12H,4,7,9,11H2,1H3,(H,18,21). The van der Waals surface area contributed by atoms with E-state index in [1.54, 1.807) is 36.8 Å². The Morgan fingerprint density at radius 3 is 2.75 bits per heavy atom. The minimum absolute atomic E-state index is 0.274. The van der Waals surface area contributed by atoms with Crippen molar-refractivity contribution in [2.45, 2.75) is 13.0 Å². The van der Waals surface area contributed by atoms with Crippen molar-refractivity contribution in [2.75, 3.05) is 23.7 Å². The van der Waals surface area contributed by atoms with Crippen LogP contribution < -0.4 is 9.62 Å². The summed E-state index contributed by atoms with van der Waals surface area (Å²) in [7, 11) is -3.63. The van der Waals surface area contributed by atoms with Crippen molar-refractivity contribution < 1.29 is 13.2 Å². The van der Waals surface area contributed by atoms with Gasteiger partial charge in [-0.25, -0.2) is 13.4 Å². The Hall–Kier alpha value is -2.06. The number of carbonyl (C=O) groups is 1. The zero-order chi connectivity index (χ0) is 17.6. The molecule has 9 heteroatoms. The smallest absolute Gasteiger partial charge is 0.240 e. The topological polar surface area (TPSA) is 84.3 Å². The number of carbonyl (C=O) groups excluding carboxylic acids is 1. The molecule has 1 N–H and O–H groups in total. The molecule has 0 atom stereocenters. The third kappa shape index (κ3) is 5.24. The molecule has 7 nitrogen and oxygen atoms in total. The minimum Gasteiger partial charge on any atom is -0.354 e. The van der Waals surface area contributed by atoms with Crippen LogP contribution in [0.15, 0.2) is 43.0 Å². The largest absolute Gasteiger partial charge is 0.354 e. The zero-order valence-electron chi connectivity index (χ0n) is 13.2. The molecule has 2 aromatic rings. The zero-order valence-corrected chi connectivity index (χ0v) is 14.8. The second-order valence-corrected chi connectivity index (χ2v) is 7.54. The lowest BCUT2D eigenvalue weighted by Crippen LogP contribution is -2.40. The van der Waals surface area contributed by atoms with E-state index in [1.165, 1.54) is 0 Å². The molecule has 130 valence electrons. The molecule has 0 saturated carbocycles. The normalized spacial score (nSPS) is 11.2. The van der Waals surface area contributed by atoms with Crippen molar-refractivity contribution in [1.82, 2.24) is 14.9 Å². The molecule has 0 bridgehead atoms. The molecular formula is C15H19ClN4O3S. The lowest BCUT2D eigenvalue weighted by atomic mass is 10.3. The molecule has 1 aromatic carbocycles. The van der Waals surface area contributed by atoms with Crippen molar-refractivity contribution in [3.63, 3.8) is 0 Å². The van der Waals surface area contributed by atoms with Crippen LogP contribution in [-0.2, 0) is 21.4 Å². The van der Waals surface area contributed by atoms with Gasteiger partial charge in [0.1, 0.15) is 6.54 Å². The first-order chi connectivity index (χ1) is 11.4. The number of nitrogens with zero attached hydrogens (tertiary/aromatic N) is 3. The molecule has 0 aliphatic carbocycles. The van der Waals surface area contributed by atoms with Crippen LogP contribution in [0.4, 0.5) is 5.69 Å². The van der Waals surface area contributed by atoms with Gasteiger partial charge in [-0.1, -0.05) is 23.7 Å². The highest BCUT2D eigenvalue weighted by molar-refractivity contribution is 7.92. The minimum atomic E-state index is -3.63. The summed E-state index contributed by atoms with van der Waals surface area (Å²) in [5.41, 5.74) is 0.287. The molecule has 0 spiro atoms. The molecule has 0 unspecified atom stereocenters. The van der Waals surface area contributed by atoms with Crippen LogP contribution in [0.25, 0.3) is 0 Å². The molecule has 0 fully saturated rings. The Morgan fingerprint density at radius 2 is 2.12 bits per heavy atom. The van der Waals surface area contributed by atoms with Gasteiger partial charge in [0.15, 0.2) is 0 Å². The van der Waals surface area contributed by atoms with Gasteiger partial charge in [-0.05, 0) is 18.6 Å². The van der Waals surface area contributed by atoms with Gasteiger partial charge in [0.2, 0.25) is 15.9 Å². The van der Waals surface area contributed by atoms with E-state index in [9.17, 15) is 13.2 Å². The SMILES string of the molecule is CS(=O)(=O)N(CC(=O)NCCCn1ccnc1)c1ccccc1Cl. The molecule has 0 aliphatic rings. The number of halogens is 1. The van der Waals surface area contributed by atoms with Crippen LogP contribution in [0.3, 0.4) is 0 Å². The van der Waals surface area contributed by atoms with Gasteiger partial charge in [-0.2, -0.15) is 0 Å². The fraction of sp³-hybridized carbons (Fsp3) is 0.333. The number of nitrogens with one attached hydrogen (secondary N) is 1. The van der Waals surface area contributed by atoms with Gasteiger partial charge >= 0.3 is 0 Å². The Kier molecular flexibility index (Phi) is 6.22. The van der Waals surface area contributed by atoms with Crippen LogP contribution in [-0.4, -0.2) is 43.2 Å². The van der Waals surface area contributed by atoms with E-state index < -0.39 is 10.0 Å². The molecule has 0 aliphatic heterocycles. The number of aromatic nitrogens is 2. The lowest BCUT2D eigenvalue weighted by Gasteiger charge is -2.22. The summed E-state index contributed by atoms with van der Waals surface area (Å²) in [6, 6.07) is 6.51. The Labute approximate surface area is 146 Å². The van der Waals surface area contributed by atoms with Crippen molar-refractivity contribution >= 4 is 33.2 Å². The van der Waals surface area contributed by atoms with E-state index in [0.717, 1.165) is 17.1 Å². The number of benzene rings is 1. The van der Waals surface area contributed by atoms with Gasteiger partial charge in [-0.3, -0.25) is 9.10 Å². The van der Waals surface area contributed by atoms with Gasteiger partial charge < -0.3 is 9.88 Å². The van der Waals surface area contributed by atoms with E-state index in [4.69, 9.17) is 11.6 Å². The van der Waals surface area contributed by atoms with E-state index in [-0.39, 0.29) is 23.2 Å². The summed E-state index contributed by atoms with van der Waals surface area (Å²) in [6.45, 7) is 0.853. The molecular weight excluding hydrogens is 352 g/mol. The van der Waals surface area contributed by atoms with E-state index in [1.807, 2.05) is 10.8 Å². The first-order valence-corrected chi connectivity index (χ1v) is 9.55. The summed E-state index contributed by atoms with van der Waals surface area (Å²) in [4.78, 5) is 16.0. The molecule has 24 heavy (non-hydrogen) atoms. The maximum Gasteiger partial charge on any atom is 0.240 e. The van der Waals surface area contributed by atoms with Crippen LogP contribution >= 0.6 is 11.6 Å². The first kappa shape index (κ1) is 18.3. The monoisotopic (exact) mass is 370 g/mol. The maximum atomic E-state index is 12.1. The molecule has 1 amide bonds. The fourth-order valence-electron chi connectivity index (χ4n) is 2.13. The van der Waals surface area contributed by atoms with Crippen molar-refractivity contribution in [3.8, 4) is 0 Å². The van der Waals surface area contributed by atoms with Crippen LogP contribution in [0.5, 0.6) is 0 Å². The van der Waals surface area contributed by atoms with Crippen molar-refractivity contribution in [2.24, 2.45) is 0 Å². The Bertz CT molecular complexity index is 778. The highest BCUT2D eigenvalue weighted by Gasteiger charge is 2.22. The third-order valence-electron chi connectivity index (χ3n) is 3.28. The number of amides is 1. The fourth-order valence-corrected chi connectivity index (χ4v) is 3.29. The maximum absolute atomic E-state index is 12.1. The van der Waals surface area contributed by atoms with Gasteiger partial charge in [-0.15, -0.1) is 0 Å². The lowest BCUT2D eigenvalue weighted by molar-refractivity contribution is -0.119. The Balaban J connectivity index is 1.92. The molecule has 2 rings (SSSR count). The number of anilines is 1. The van der Waals surface area contributed by atoms with Crippen molar-refractivity contribution in [1.29, 1.82) is 0 Å². The number of para-hydroxylation sites is 1. The Morgan fingerprint density at radius 1 is 1.38 bits per heavy atom. The number of sulfonamides is 1. The average Bonchev–Trinajstić information content (AvgIpc) is 3.02. The summed E-state index contributed by atoms with van der Waals surface area (Å²) in [6.07, 6.45) is 6.98. The summed E-state index contributed by atoms with van der Waals surface area (Å²) < 4.78 is 26.9.